The minimum Gasteiger partial charge on any atom is -0.287 e. The molecule has 1 saturated heterocycles. The summed E-state index contributed by atoms with van der Waals surface area (Å²) >= 11 is 7.54. The number of aliphatic imine (C=N–C) groups is 1. The molecule has 0 unspecified atom stereocenters. The highest BCUT2D eigenvalue weighted by molar-refractivity contribution is 8.13. The zero-order valence-electron chi connectivity index (χ0n) is 13.4. The van der Waals surface area contributed by atoms with Crippen LogP contribution in [-0.2, 0) is 0 Å². The summed E-state index contributed by atoms with van der Waals surface area (Å²) in [7, 11) is 0. The van der Waals surface area contributed by atoms with Gasteiger partial charge in [-0.2, -0.15) is 0 Å². The molecule has 0 radical (unpaired) electrons. The van der Waals surface area contributed by atoms with Crippen LogP contribution in [0.25, 0.3) is 0 Å². The average Bonchev–Trinajstić information content (AvgIpc) is 2.58. The van der Waals surface area contributed by atoms with E-state index in [1.54, 1.807) is 6.07 Å². The zero-order valence-corrected chi connectivity index (χ0v) is 15.0. The number of carbonyl (C=O) groups excluding carboxylic acids is 1. The Hall–Kier alpha value is -1.92. The van der Waals surface area contributed by atoms with Crippen LogP contribution in [0.4, 0.5) is 14.5 Å². The molecule has 0 spiro atoms. The Labute approximate surface area is 153 Å². The first kappa shape index (κ1) is 17.9. The number of hydrogen-bond acceptors (Lipinski definition) is 3. The second-order valence-corrected chi connectivity index (χ2v) is 7.08. The van der Waals surface area contributed by atoms with Crippen molar-refractivity contribution in [3.8, 4) is 0 Å². The van der Waals surface area contributed by atoms with Gasteiger partial charge in [0.15, 0.2) is 5.17 Å². The van der Waals surface area contributed by atoms with Gasteiger partial charge in [0.05, 0.1) is 11.3 Å². The second-order valence-electron chi connectivity index (χ2n) is 5.61. The summed E-state index contributed by atoms with van der Waals surface area (Å²) in [6.45, 7) is 2.32. The van der Waals surface area contributed by atoms with Gasteiger partial charge in [0, 0.05) is 23.4 Å². The summed E-state index contributed by atoms with van der Waals surface area (Å²) in [4.78, 5) is 18.6. The Kier molecular flexibility index (Phi) is 5.39. The van der Waals surface area contributed by atoms with Gasteiger partial charge in [-0.15, -0.1) is 0 Å². The van der Waals surface area contributed by atoms with E-state index in [2.05, 4.69) is 4.99 Å². The molecule has 0 N–H and O–H groups in total. The fourth-order valence-corrected chi connectivity index (χ4v) is 3.54. The molecule has 0 saturated carbocycles. The lowest BCUT2D eigenvalue weighted by molar-refractivity contribution is 0.0844. The van der Waals surface area contributed by atoms with Crippen molar-refractivity contribution in [3.05, 3.63) is 64.2 Å². The Morgan fingerprint density at radius 2 is 2.04 bits per heavy atom. The van der Waals surface area contributed by atoms with E-state index in [0.29, 0.717) is 28.5 Å². The van der Waals surface area contributed by atoms with Crippen LogP contribution >= 0.6 is 23.4 Å². The van der Waals surface area contributed by atoms with Crippen LogP contribution < -0.4 is 0 Å². The number of amides is 1. The number of amidine groups is 1. The molecule has 2 aromatic rings. The number of hydrogen-bond donors (Lipinski definition) is 0. The van der Waals surface area contributed by atoms with Crippen molar-refractivity contribution in [2.75, 3.05) is 12.3 Å². The summed E-state index contributed by atoms with van der Waals surface area (Å²) in [6.07, 6.45) is 0.771. The third-order valence-corrected chi connectivity index (χ3v) is 5.24. The average molecular weight is 381 g/mol. The maximum atomic E-state index is 14.0. The monoisotopic (exact) mass is 380 g/mol. The van der Waals surface area contributed by atoms with Crippen LogP contribution in [-0.4, -0.2) is 28.3 Å². The predicted octanol–water partition coefficient (Wildman–Crippen LogP) is 5.19. The third kappa shape index (κ3) is 4.02. The van der Waals surface area contributed by atoms with Gasteiger partial charge in [-0.1, -0.05) is 29.4 Å². The molecular formula is C18H15ClF2N2OS. The van der Waals surface area contributed by atoms with Crippen molar-refractivity contribution in [1.82, 2.24) is 4.90 Å². The Morgan fingerprint density at radius 3 is 2.76 bits per heavy atom. The quantitative estimate of drug-likeness (QED) is 0.717. The number of nitrogens with zero attached hydrogens (tertiary/aromatic N) is 2. The molecule has 25 heavy (non-hydrogen) atoms. The van der Waals surface area contributed by atoms with Crippen LogP contribution in [0, 0.1) is 18.6 Å². The maximum absolute atomic E-state index is 14.0. The number of aryl methyl sites for hydroxylation is 1. The fraction of sp³-hybridized carbons (Fsp3) is 0.222. The highest BCUT2D eigenvalue weighted by atomic mass is 35.5. The summed E-state index contributed by atoms with van der Waals surface area (Å²) in [5.74, 6) is -1.31. The fourth-order valence-electron chi connectivity index (χ4n) is 2.41. The van der Waals surface area contributed by atoms with E-state index in [1.807, 2.05) is 19.1 Å². The molecule has 1 amide bonds. The van der Waals surface area contributed by atoms with Crippen molar-refractivity contribution in [3.63, 3.8) is 0 Å². The molecule has 1 aliphatic heterocycles. The highest BCUT2D eigenvalue weighted by Gasteiger charge is 2.27. The van der Waals surface area contributed by atoms with E-state index in [1.165, 1.54) is 16.7 Å². The van der Waals surface area contributed by atoms with Crippen LogP contribution in [0.15, 0.2) is 41.4 Å². The van der Waals surface area contributed by atoms with Crippen molar-refractivity contribution >= 4 is 40.1 Å². The molecule has 2 aromatic carbocycles. The van der Waals surface area contributed by atoms with Crippen molar-refractivity contribution < 1.29 is 13.6 Å². The lowest BCUT2D eigenvalue weighted by Crippen LogP contribution is -2.39. The summed E-state index contributed by atoms with van der Waals surface area (Å²) in [5, 5.41) is 1.07. The van der Waals surface area contributed by atoms with Crippen molar-refractivity contribution in [1.29, 1.82) is 0 Å². The SMILES string of the molecule is Cc1ccc(N=C2SCCCN2C(=O)c2ccc(F)cc2F)cc1Cl. The van der Waals surface area contributed by atoms with Crippen molar-refractivity contribution in [2.24, 2.45) is 4.99 Å². The lowest BCUT2D eigenvalue weighted by Gasteiger charge is -2.28. The molecule has 1 fully saturated rings. The molecule has 3 nitrogen and oxygen atoms in total. The van der Waals surface area contributed by atoms with Gasteiger partial charge in [-0.05, 0) is 43.2 Å². The highest BCUT2D eigenvalue weighted by Crippen LogP contribution is 2.27. The first-order chi connectivity index (χ1) is 12.0. The Balaban J connectivity index is 1.93. The number of carbonyl (C=O) groups is 1. The molecule has 0 atom stereocenters. The van der Waals surface area contributed by atoms with E-state index in [4.69, 9.17) is 11.6 Å². The lowest BCUT2D eigenvalue weighted by atomic mass is 10.2. The summed E-state index contributed by atoms with van der Waals surface area (Å²) < 4.78 is 27.0. The molecule has 1 heterocycles. The van der Waals surface area contributed by atoms with E-state index < -0.39 is 17.5 Å². The van der Waals surface area contributed by atoms with Gasteiger partial charge in [-0.25, -0.2) is 13.8 Å². The van der Waals surface area contributed by atoms with Gasteiger partial charge < -0.3 is 0 Å². The molecule has 0 bridgehead atoms. The van der Waals surface area contributed by atoms with E-state index in [-0.39, 0.29) is 5.56 Å². The standard InChI is InChI=1S/C18H15ClF2N2OS/c1-11-3-5-13(10-15(11)19)22-18-23(7-2-8-25-18)17(24)14-6-4-12(20)9-16(14)21/h3-6,9-10H,2,7-8H2,1H3. The van der Waals surface area contributed by atoms with E-state index >= 15 is 0 Å². The number of benzene rings is 2. The van der Waals surface area contributed by atoms with Crippen LogP contribution in [0.3, 0.4) is 0 Å². The first-order valence-electron chi connectivity index (χ1n) is 7.70. The van der Waals surface area contributed by atoms with Crippen LogP contribution in [0.5, 0.6) is 0 Å². The van der Waals surface area contributed by atoms with Gasteiger partial charge in [0.2, 0.25) is 0 Å². The largest absolute Gasteiger partial charge is 0.287 e. The van der Waals surface area contributed by atoms with Crippen LogP contribution in [0.1, 0.15) is 22.3 Å². The topological polar surface area (TPSA) is 32.7 Å². The second kappa shape index (κ2) is 7.54. The Bertz CT molecular complexity index is 857. The molecular weight excluding hydrogens is 366 g/mol. The normalized spacial score (nSPS) is 16.3. The zero-order chi connectivity index (χ0) is 18.0. The number of rotatable bonds is 2. The van der Waals surface area contributed by atoms with E-state index in [0.717, 1.165) is 29.9 Å². The smallest absolute Gasteiger partial charge is 0.262 e. The molecule has 3 rings (SSSR count). The molecule has 0 aliphatic carbocycles. The number of thioether (sulfide) groups is 1. The van der Waals surface area contributed by atoms with Crippen molar-refractivity contribution in [2.45, 2.75) is 13.3 Å². The molecule has 7 heteroatoms. The van der Waals surface area contributed by atoms with Gasteiger partial charge in [0.1, 0.15) is 11.6 Å². The van der Waals surface area contributed by atoms with Gasteiger partial charge in [-0.3, -0.25) is 9.69 Å². The summed E-state index contributed by atoms with van der Waals surface area (Å²) in [6, 6.07) is 8.32. The van der Waals surface area contributed by atoms with Gasteiger partial charge in [0.25, 0.3) is 5.91 Å². The molecule has 0 aromatic heterocycles. The number of halogens is 3. The molecule has 130 valence electrons. The predicted molar refractivity (Wildman–Crippen MR) is 97.8 cm³/mol. The van der Waals surface area contributed by atoms with Gasteiger partial charge >= 0.3 is 0 Å². The summed E-state index contributed by atoms with van der Waals surface area (Å²) in [5.41, 5.74) is 1.39. The minimum absolute atomic E-state index is 0.168. The maximum Gasteiger partial charge on any atom is 0.262 e. The molecule has 1 aliphatic rings. The van der Waals surface area contributed by atoms with E-state index in [9.17, 15) is 13.6 Å². The third-order valence-electron chi connectivity index (χ3n) is 3.77. The minimum atomic E-state index is -0.877. The Morgan fingerprint density at radius 1 is 1.24 bits per heavy atom. The van der Waals surface area contributed by atoms with Crippen LogP contribution in [0.2, 0.25) is 5.02 Å². The first-order valence-corrected chi connectivity index (χ1v) is 9.06.